The predicted octanol–water partition coefficient (Wildman–Crippen LogP) is 6.78. The highest BCUT2D eigenvalue weighted by molar-refractivity contribution is 5.96. The lowest BCUT2D eigenvalue weighted by molar-refractivity contribution is 0.0600. The summed E-state index contributed by atoms with van der Waals surface area (Å²) in [5.41, 5.74) is 5.98. The highest BCUT2D eigenvalue weighted by Gasteiger charge is 2.25. The Bertz CT molecular complexity index is 1270. The van der Waals surface area contributed by atoms with Gasteiger partial charge in [0.15, 0.2) is 0 Å². The number of benzene rings is 3. The molecular formula is C31H32O4. The molecule has 4 heteroatoms. The van der Waals surface area contributed by atoms with Crippen molar-refractivity contribution < 1.29 is 19.1 Å². The van der Waals surface area contributed by atoms with Crippen LogP contribution in [-0.2, 0) is 23.0 Å². The van der Waals surface area contributed by atoms with Crippen LogP contribution in [0.2, 0.25) is 0 Å². The molecule has 0 unspecified atom stereocenters. The molecule has 0 atom stereocenters. The second-order valence-corrected chi connectivity index (χ2v) is 9.04. The van der Waals surface area contributed by atoms with Crippen molar-refractivity contribution in [2.24, 2.45) is 0 Å². The molecule has 0 N–H and O–H groups in total. The lowest BCUT2D eigenvalue weighted by Crippen LogP contribution is -2.20. The maximum atomic E-state index is 12.9. The predicted molar refractivity (Wildman–Crippen MR) is 140 cm³/mol. The first kappa shape index (κ1) is 25.7. The van der Waals surface area contributed by atoms with Crippen LogP contribution in [0.15, 0.2) is 86.0 Å². The fourth-order valence-electron chi connectivity index (χ4n) is 4.03. The number of carbonyl (C=O) groups excluding carboxylic acids is 2. The van der Waals surface area contributed by atoms with Crippen molar-refractivity contribution in [3.8, 4) is 5.75 Å². The average Bonchev–Trinajstić information content (AvgIpc) is 2.86. The molecule has 3 aromatic rings. The normalized spacial score (nSPS) is 11.0. The number of aryl methyl sites for hydroxylation is 1. The zero-order valence-corrected chi connectivity index (χ0v) is 20.9. The van der Waals surface area contributed by atoms with Crippen LogP contribution >= 0.6 is 0 Å². The van der Waals surface area contributed by atoms with Crippen LogP contribution in [0.1, 0.15) is 62.4 Å². The molecule has 0 aliphatic carbocycles. The minimum Gasteiger partial charge on any atom is -0.465 e. The Morgan fingerprint density at radius 2 is 1.40 bits per heavy atom. The number of allylic oxidation sites excluding steroid dienone is 2. The number of rotatable bonds is 9. The fourth-order valence-corrected chi connectivity index (χ4v) is 4.03. The molecule has 3 rings (SSSR count). The van der Waals surface area contributed by atoms with Gasteiger partial charge >= 0.3 is 11.9 Å². The van der Waals surface area contributed by atoms with Gasteiger partial charge in [-0.25, -0.2) is 9.59 Å². The van der Waals surface area contributed by atoms with Gasteiger partial charge in [-0.3, -0.25) is 0 Å². The molecule has 0 heterocycles. The maximum absolute atomic E-state index is 12.9. The van der Waals surface area contributed by atoms with Crippen molar-refractivity contribution >= 4 is 11.9 Å². The van der Waals surface area contributed by atoms with Crippen molar-refractivity contribution in [1.82, 2.24) is 0 Å². The molecule has 0 radical (unpaired) electrons. The van der Waals surface area contributed by atoms with Gasteiger partial charge in [-0.1, -0.05) is 62.4 Å². The number of hydrogen-bond acceptors (Lipinski definition) is 4. The van der Waals surface area contributed by atoms with E-state index in [1.54, 1.807) is 24.3 Å². The Kier molecular flexibility index (Phi) is 8.08. The summed E-state index contributed by atoms with van der Waals surface area (Å²) in [5, 5.41) is 0. The zero-order valence-electron chi connectivity index (χ0n) is 20.9. The van der Waals surface area contributed by atoms with E-state index in [1.807, 2.05) is 18.2 Å². The highest BCUT2D eigenvalue weighted by Crippen LogP contribution is 2.35. The molecule has 0 aromatic heterocycles. The van der Waals surface area contributed by atoms with Crippen LogP contribution in [0.25, 0.3) is 0 Å². The van der Waals surface area contributed by atoms with Gasteiger partial charge in [0, 0.05) is 5.41 Å². The van der Waals surface area contributed by atoms with Crippen molar-refractivity contribution in [3.05, 3.63) is 125 Å². The number of hydrogen-bond donors (Lipinski definition) is 0. The summed E-state index contributed by atoms with van der Waals surface area (Å²) in [6, 6.07) is 18.7. The van der Waals surface area contributed by atoms with E-state index in [-0.39, 0.29) is 11.0 Å². The molecular weight excluding hydrogens is 436 g/mol. The van der Waals surface area contributed by atoms with E-state index < -0.39 is 11.9 Å². The topological polar surface area (TPSA) is 52.6 Å². The van der Waals surface area contributed by atoms with E-state index in [0.29, 0.717) is 17.7 Å². The SMILES string of the molecule is C=CCc1cc(C(C)(C)c2ccc(OC(=O)c3cccc(C(=O)OC)c3)c(CC=C)c2)ccc1C. The second kappa shape index (κ2) is 11.0. The molecule has 0 aliphatic heterocycles. The molecule has 0 spiro atoms. The quantitative estimate of drug-likeness (QED) is 0.197. The molecule has 0 saturated carbocycles. The molecule has 180 valence electrons. The minimum atomic E-state index is -0.541. The Hall–Kier alpha value is -3.92. The Balaban J connectivity index is 1.93. The average molecular weight is 469 g/mol. The van der Waals surface area contributed by atoms with Crippen LogP contribution in [0.4, 0.5) is 0 Å². The van der Waals surface area contributed by atoms with Gasteiger partial charge in [-0.05, 0) is 71.8 Å². The summed E-state index contributed by atoms with van der Waals surface area (Å²) < 4.78 is 10.5. The van der Waals surface area contributed by atoms with Gasteiger partial charge in [-0.15, -0.1) is 13.2 Å². The monoisotopic (exact) mass is 468 g/mol. The van der Waals surface area contributed by atoms with Gasteiger partial charge in [-0.2, -0.15) is 0 Å². The number of esters is 2. The molecule has 0 bridgehead atoms. The maximum Gasteiger partial charge on any atom is 0.343 e. The third-order valence-electron chi connectivity index (χ3n) is 6.30. The lowest BCUT2D eigenvalue weighted by atomic mass is 9.76. The van der Waals surface area contributed by atoms with Gasteiger partial charge in [0.05, 0.1) is 18.2 Å². The van der Waals surface area contributed by atoms with Crippen LogP contribution in [-0.4, -0.2) is 19.0 Å². The van der Waals surface area contributed by atoms with Crippen LogP contribution < -0.4 is 4.74 Å². The summed E-state index contributed by atoms with van der Waals surface area (Å²) in [6.45, 7) is 14.2. The van der Waals surface area contributed by atoms with E-state index >= 15 is 0 Å². The van der Waals surface area contributed by atoms with E-state index in [4.69, 9.17) is 9.47 Å². The van der Waals surface area contributed by atoms with E-state index in [2.05, 4.69) is 58.2 Å². The summed E-state index contributed by atoms with van der Waals surface area (Å²) in [5.74, 6) is -0.583. The summed E-state index contributed by atoms with van der Waals surface area (Å²) in [7, 11) is 1.30. The number of carbonyl (C=O) groups is 2. The lowest BCUT2D eigenvalue weighted by Gasteiger charge is -2.28. The Morgan fingerprint density at radius 1 is 0.829 bits per heavy atom. The number of methoxy groups -OCH3 is 1. The van der Waals surface area contributed by atoms with Gasteiger partial charge in [0.25, 0.3) is 0 Å². The molecule has 0 saturated heterocycles. The van der Waals surface area contributed by atoms with Gasteiger partial charge in [0.2, 0.25) is 0 Å². The smallest absolute Gasteiger partial charge is 0.343 e. The van der Waals surface area contributed by atoms with Gasteiger partial charge in [0.1, 0.15) is 5.75 Å². The van der Waals surface area contributed by atoms with E-state index in [0.717, 1.165) is 17.5 Å². The summed E-state index contributed by atoms with van der Waals surface area (Å²) in [6.07, 6.45) is 5.08. The molecule has 4 nitrogen and oxygen atoms in total. The zero-order chi connectivity index (χ0) is 25.6. The summed E-state index contributed by atoms with van der Waals surface area (Å²) in [4.78, 5) is 24.7. The standard InChI is InChI=1S/C31H32O4/c1-7-10-22-19-26(15-14-21(22)3)31(4,5)27-16-17-28(23(20-27)11-8-2)35-30(33)25-13-9-12-24(18-25)29(32)34-6/h7-9,12-20H,1-2,10-11H2,3-6H3. The first-order valence-electron chi connectivity index (χ1n) is 11.6. The molecule has 0 amide bonds. The van der Waals surface area contributed by atoms with Crippen molar-refractivity contribution in [2.45, 2.75) is 39.0 Å². The Labute approximate surface area is 207 Å². The van der Waals surface area contributed by atoms with E-state index in [9.17, 15) is 9.59 Å². The largest absolute Gasteiger partial charge is 0.465 e. The van der Waals surface area contributed by atoms with Crippen molar-refractivity contribution in [3.63, 3.8) is 0 Å². The fraction of sp³-hybridized carbons (Fsp3) is 0.226. The molecule has 0 aliphatic rings. The molecule has 35 heavy (non-hydrogen) atoms. The second-order valence-electron chi connectivity index (χ2n) is 9.04. The highest BCUT2D eigenvalue weighted by atomic mass is 16.5. The van der Waals surface area contributed by atoms with Gasteiger partial charge < -0.3 is 9.47 Å². The van der Waals surface area contributed by atoms with Crippen LogP contribution in [0.5, 0.6) is 5.75 Å². The molecule has 0 fully saturated rings. The van der Waals surface area contributed by atoms with Crippen LogP contribution in [0.3, 0.4) is 0 Å². The van der Waals surface area contributed by atoms with E-state index in [1.165, 1.54) is 29.9 Å². The summed E-state index contributed by atoms with van der Waals surface area (Å²) >= 11 is 0. The van der Waals surface area contributed by atoms with Crippen LogP contribution in [0, 0.1) is 6.92 Å². The third-order valence-corrected chi connectivity index (χ3v) is 6.30. The molecule has 3 aromatic carbocycles. The minimum absolute atomic E-state index is 0.267. The first-order valence-corrected chi connectivity index (χ1v) is 11.6. The third kappa shape index (κ3) is 5.78. The first-order chi connectivity index (χ1) is 16.7. The Morgan fingerprint density at radius 3 is 2.03 bits per heavy atom. The van der Waals surface area contributed by atoms with Crippen molar-refractivity contribution in [1.29, 1.82) is 0 Å². The number of ether oxygens (including phenoxy) is 2. The van der Waals surface area contributed by atoms with Crippen molar-refractivity contribution in [2.75, 3.05) is 7.11 Å².